The molecule has 0 aliphatic heterocycles. The molecule has 1 N–H and O–H groups in total. The molecule has 1 fully saturated rings. The lowest BCUT2D eigenvalue weighted by Gasteiger charge is -2.06. The first-order valence-corrected chi connectivity index (χ1v) is 10.0. The van der Waals surface area contributed by atoms with Crippen molar-refractivity contribution in [2.75, 3.05) is 5.32 Å². The Kier molecular flexibility index (Phi) is 4.72. The van der Waals surface area contributed by atoms with Crippen molar-refractivity contribution >= 4 is 17.2 Å². The molecule has 158 valence electrons. The van der Waals surface area contributed by atoms with Crippen LogP contribution in [0.25, 0.3) is 5.65 Å². The van der Waals surface area contributed by atoms with E-state index in [9.17, 15) is 13.6 Å². The average Bonchev–Trinajstić information content (AvgIpc) is 3.36. The van der Waals surface area contributed by atoms with Gasteiger partial charge >= 0.3 is 0 Å². The van der Waals surface area contributed by atoms with Crippen LogP contribution in [0.4, 0.5) is 14.5 Å². The summed E-state index contributed by atoms with van der Waals surface area (Å²) in [4.78, 5) is 17.1. The van der Waals surface area contributed by atoms with Gasteiger partial charge in [0, 0.05) is 23.9 Å². The highest BCUT2D eigenvalue weighted by Gasteiger charge is 2.28. The summed E-state index contributed by atoms with van der Waals surface area (Å²) >= 11 is 0. The second-order valence-corrected chi connectivity index (χ2v) is 7.79. The van der Waals surface area contributed by atoms with Crippen LogP contribution in [0, 0.1) is 6.92 Å². The molecule has 7 nitrogen and oxygen atoms in total. The van der Waals surface area contributed by atoms with Crippen molar-refractivity contribution < 1.29 is 13.6 Å². The van der Waals surface area contributed by atoms with Gasteiger partial charge in [-0.1, -0.05) is 24.3 Å². The summed E-state index contributed by atoms with van der Waals surface area (Å²) in [7, 11) is 0. The lowest BCUT2D eigenvalue weighted by Crippen LogP contribution is -2.12. The molecule has 1 amide bonds. The van der Waals surface area contributed by atoms with Crippen LogP contribution >= 0.6 is 0 Å². The van der Waals surface area contributed by atoms with Crippen molar-refractivity contribution in [1.82, 2.24) is 24.4 Å². The van der Waals surface area contributed by atoms with Gasteiger partial charge in [0.05, 0.1) is 18.4 Å². The SMILES string of the molecule is Cc1ccccc1Cn1cc(NC(=O)c2cc3nc(C4CC4)cc(C(F)F)n3n2)cn1. The van der Waals surface area contributed by atoms with E-state index >= 15 is 0 Å². The number of nitrogens with one attached hydrogen (secondary N) is 1. The first-order valence-electron chi connectivity index (χ1n) is 10.0. The zero-order valence-electron chi connectivity index (χ0n) is 16.8. The summed E-state index contributed by atoms with van der Waals surface area (Å²) < 4.78 is 29.8. The number of halogens is 2. The Labute approximate surface area is 176 Å². The number of nitrogens with zero attached hydrogens (tertiary/aromatic N) is 5. The summed E-state index contributed by atoms with van der Waals surface area (Å²) in [5.74, 6) is -0.289. The zero-order valence-corrected chi connectivity index (χ0v) is 16.8. The molecule has 1 aliphatic rings. The van der Waals surface area contributed by atoms with Crippen molar-refractivity contribution in [3.05, 3.63) is 77.0 Å². The number of hydrogen-bond donors (Lipinski definition) is 1. The maximum absolute atomic E-state index is 13.5. The number of anilines is 1. The molecule has 0 unspecified atom stereocenters. The number of carbonyl (C=O) groups excluding carboxylic acids is 1. The van der Waals surface area contributed by atoms with Gasteiger partial charge in [-0.15, -0.1) is 0 Å². The van der Waals surface area contributed by atoms with E-state index in [2.05, 4.69) is 20.5 Å². The van der Waals surface area contributed by atoms with Crippen molar-refractivity contribution in [2.45, 2.75) is 38.7 Å². The average molecular weight is 422 g/mol. The van der Waals surface area contributed by atoms with Crippen LogP contribution in [-0.4, -0.2) is 30.3 Å². The molecule has 0 bridgehead atoms. The number of hydrogen-bond acceptors (Lipinski definition) is 4. The monoisotopic (exact) mass is 422 g/mol. The molecular formula is C22H20F2N6O. The van der Waals surface area contributed by atoms with Crippen molar-refractivity contribution in [1.29, 1.82) is 0 Å². The zero-order chi connectivity index (χ0) is 21.5. The molecule has 0 radical (unpaired) electrons. The second-order valence-electron chi connectivity index (χ2n) is 7.79. The van der Waals surface area contributed by atoms with Gasteiger partial charge in [-0.25, -0.2) is 18.3 Å². The number of alkyl halides is 2. The molecule has 3 aromatic heterocycles. The van der Waals surface area contributed by atoms with Gasteiger partial charge in [0.25, 0.3) is 12.3 Å². The number of rotatable bonds is 6. The number of aryl methyl sites for hydroxylation is 1. The second kappa shape index (κ2) is 7.57. The Balaban J connectivity index is 1.36. The summed E-state index contributed by atoms with van der Waals surface area (Å²) in [5.41, 5.74) is 3.43. The molecule has 0 spiro atoms. The molecule has 5 rings (SSSR count). The van der Waals surface area contributed by atoms with Gasteiger partial charge in [-0.2, -0.15) is 10.2 Å². The molecule has 0 atom stereocenters. The molecule has 31 heavy (non-hydrogen) atoms. The van der Waals surface area contributed by atoms with Crippen LogP contribution in [0.2, 0.25) is 0 Å². The van der Waals surface area contributed by atoms with E-state index in [1.807, 2.05) is 31.2 Å². The maximum Gasteiger partial charge on any atom is 0.280 e. The fourth-order valence-corrected chi connectivity index (χ4v) is 3.54. The third-order valence-electron chi connectivity index (χ3n) is 5.41. The Hall–Kier alpha value is -3.62. The molecule has 3 heterocycles. The fourth-order valence-electron chi connectivity index (χ4n) is 3.54. The lowest BCUT2D eigenvalue weighted by molar-refractivity contribution is 0.102. The number of aromatic nitrogens is 5. The fraction of sp³-hybridized carbons (Fsp3) is 0.273. The van der Waals surface area contributed by atoms with Gasteiger partial charge in [0.1, 0.15) is 5.69 Å². The van der Waals surface area contributed by atoms with Crippen LogP contribution in [0.3, 0.4) is 0 Å². The van der Waals surface area contributed by atoms with E-state index in [-0.39, 0.29) is 23.0 Å². The smallest absolute Gasteiger partial charge is 0.280 e. The first-order chi connectivity index (χ1) is 15.0. The molecule has 1 aliphatic carbocycles. The van der Waals surface area contributed by atoms with Crippen LogP contribution in [0.5, 0.6) is 0 Å². The third kappa shape index (κ3) is 3.90. The van der Waals surface area contributed by atoms with E-state index in [0.29, 0.717) is 17.9 Å². The van der Waals surface area contributed by atoms with Crippen LogP contribution in [0.15, 0.2) is 48.8 Å². The highest BCUT2D eigenvalue weighted by atomic mass is 19.3. The highest BCUT2D eigenvalue weighted by Crippen LogP contribution is 2.40. The molecule has 4 aromatic rings. The maximum atomic E-state index is 13.5. The highest BCUT2D eigenvalue weighted by molar-refractivity contribution is 6.03. The minimum Gasteiger partial charge on any atom is -0.318 e. The van der Waals surface area contributed by atoms with Crippen molar-refractivity contribution in [2.24, 2.45) is 0 Å². The van der Waals surface area contributed by atoms with Gasteiger partial charge in [-0.3, -0.25) is 9.48 Å². The number of carbonyl (C=O) groups is 1. The number of fused-ring (bicyclic) bond motifs is 1. The molecule has 9 heteroatoms. The Morgan fingerprint density at radius 1 is 1.26 bits per heavy atom. The number of benzene rings is 1. The first kappa shape index (κ1) is 19.3. The summed E-state index contributed by atoms with van der Waals surface area (Å²) in [6.45, 7) is 2.60. The molecule has 0 saturated heterocycles. The van der Waals surface area contributed by atoms with Crippen LogP contribution in [-0.2, 0) is 6.54 Å². The van der Waals surface area contributed by atoms with E-state index < -0.39 is 12.3 Å². The van der Waals surface area contributed by atoms with E-state index in [1.54, 1.807) is 17.1 Å². The molecular weight excluding hydrogens is 402 g/mol. The van der Waals surface area contributed by atoms with Crippen LogP contribution < -0.4 is 5.32 Å². The van der Waals surface area contributed by atoms with E-state index in [1.165, 1.54) is 12.1 Å². The summed E-state index contributed by atoms with van der Waals surface area (Å²) in [6, 6.07) is 10.8. The van der Waals surface area contributed by atoms with Gasteiger partial charge in [0.2, 0.25) is 0 Å². The van der Waals surface area contributed by atoms with Crippen molar-refractivity contribution in [3.8, 4) is 0 Å². The minimum absolute atomic E-state index is 0.0222. The Bertz CT molecular complexity index is 1270. The molecule has 1 saturated carbocycles. The van der Waals surface area contributed by atoms with Crippen LogP contribution in [0.1, 0.15) is 58.2 Å². The Morgan fingerprint density at radius 3 is 2.81 bits per heavy atom. The summed E-state index contributed by atoms with van der Waals surface area (Å²) in [6.07, 6.45) is 2.44. The lowest BCUT2D eigenvalue weighted by atomic mass is 10.1. The quantitative estimate of drug-likeness (QED) is 0.501. The predicted molar refractivity (Wildman–Crippen MR) is 110 cm³/mol. The van der Waals surface area contributed by atoms with E-state index in [4.69, 9.17) is 0 Å². The predicted octanol–water partition coefficient (Wildman–Crippen LogP) is 4.35. The number of amides is 1. The van der Waals surface area contributed by atoms with Gasteiger partial charge < -0.3 is 5.32 Å². The van der Waals surface area contributed by atoms with Crippen molar-refractivity contribution in [3.63, 3.8) is 0 Å². The molecule has 1 aromatic carbocycles. The normalized spacial score (nSPS) is 13.8. The minimum atomic E-state index is -2.71. The largest absolute Gasteiger partial charge is 0.318 e. The topological polar surface area (TPSA) is 77.1 Å². The third-order valence-corrected chi connectivity index (χ3v) is 5.41. The standard InChI is InChI=1S/C22H20F2N6O/c1-13-4-2-3-5-15(13)11-29-12-16(10-25-29)26-22(31)18-9-20-27-17(14-6-7-14)8-19(21(23)24)30(20)28-18/h2-5,8-10,12,14,21H,6-7,11H2,1H3,(H,26,31). The van der Waals surface area contributed by atoms with Gasteiger partial charge in [-0.05, 0) is 37.0 Å². The van der Waals surface area contributed by atoms with Gasteiger partial charge in [0.15, 0.2) is 11.3 Å². The summed E-state index contributed by atoms with van der Waals surface area (Å²) in [5, 5.41) is 11.1. The van der Waals surface area contributed by atoms with E-state index in [0.717, 1.165) is 28.5 Å². The Morgan fingerprint density at radius 2 is 2.06 bits per heavy atom.